The molecule has 0 radical (unpaired) electrons. The molecular weight excluding hydrogens is 447 g/mol. The summed E-state index contributed by atoms with van der Waals surface area (Å²) in [5.74, 6) is -3.03. The number of carbonyl (C=O) groups is 1. The van der Waals surface area contributed by atoms with Gasteiger partial charge in [-0.1, -0.05) is 18.2 Å². The summed E-state index contributed by atoms with van der Waals surface area (Å²) in [6, 6.07) is 9.74. The average Bonchev–Trinajstić information content (AvgIpc) is 3.18. The Morgan fingerprint density at radius 3 is 2.28 bits per heavy atom. The summed E-state index contributed by atoms with van der Waals surface area (Å²) in [6.07, 6.45) is -4.71. The molecular formula is C18H18F3NO4S3. The molecule has 1 aromatic heterocycles. The minimum absolute atomic E-state index is 0.0146. The van der Waals surface area contributed by atoms with Crippen molar-refractivity contribution in [3.8, 4) is 0 Å². The number of hydrogen-bond donors (Lipinski definition) is 1. The van der Waals surface area contributed by atoms with Gasteiger partial charge in [0.1, 0.15) is 4.21 Å². The van der Waals surface area contributed by atoms with Crippen LogP contribution in [0.25, 0.3) is 0 Å². The summed E-state index contributed by atoms with van der Waals surface area (Å²) in [6.45, 7) is 0. The fourth-order valence-corrected chi connectivity index (χ4v) is 6.80. The molecule has 1 atom stereocenters. The Morgan fingerprint density at radius 1 is 1.07 bits per heavy atom. The second-order valence-corrected chi connectivity index (χ2v) is 11.0. The Hall–Kier alpha value is -1.72. The van der Waals surface area contributed by atoms with E-state index in [-0.39, 0.29) is 29.9 Å². The van der Waals surface area contributed by atoms with Crippen molar-refractivity contribution >= 4 is 38.1 Å². The fourth-order valence-electron chi connectivity index (χ4n) is 3.17. The Labute approximate surface area is 172 Å². The van der Waals surface area contributed by atoms with Crippen molar-refractivity contribution in [3.05, 3.63) is 41.8 Å². The molecule has 158 valence electrons. The number of amides is 1. The quantitative estimate of drug-likeness (QED) is 0.721. The first-order chi connectivity index (χ1) is 13.6. The van der Waals surface area contributed by atoms with E-state index in [4.69, 9.17) is 0 Å². The molecule has 1 aliphatic carbocycles. The lowest BCUT2D eigenvalue weighted by Crippen LogP contribution is -2.38. The maximum absolute atomic E-state index is 12.7. The molecule has 1 fully saturated rings. The molecule has 3 rings (SSSR count). The van der Waals surface area contributed by atoms with Gasteiger partial charge in [-0.3, -0.25) is 4.79 Å². The number of carbonyl (C=O) groups excluding carboxylic acids is 1. The van der Waals surface area contributed by atoms with E-state index in [1.165, 1.54) is 11.4 Å². The molecule has 1 saturated carbocycles. The van der Waals surface area contributed by atoms with Crippen LogP contribution in [-0.2, 0) is 25.6 Å². The van der Waals surface area contributed by atoms with Crippen molar-refractivity contribution < 1.29 is 30.6 Å². The molecule has 1 amide bonds. The zero-order valence-electron chi connectivity index (χ0n) is 15.0. The number of sulfonamides is 1. The molecule has 1 N–H and O–H groups in total. The first-order valence-electron chi connectivity index (χ1n) is 8.76. The van der Waals surface area contributed by atoms with Crippen LogP contribution in [0.15, 0.2) is 55.8 Å². The van der Waals surface area contributed by atoms with Gasteiger partial charge < -0.3 is 0 Å². The SMILES string of the molecule is O=C(NS(=O)(=O)c1cc(S(=O)c2ccccc2)cs1)C1CCC(C(F)(F)F)CC1. The summed E-state index contributed by atoms with van der Waals surface area (Å²) in [7, 11) is -5.75. The van der Waals surface area contributed by atoms with Gasteiger partial charge in [-0.05, 0) is 43.9 Å². The number of rotatable bonds is 5. The van der Waals surface area contributed by atoms with E-state index in [9.17, 15) is 30.6 Å². The van der Waals surface area contributed by atoms with Crippen LogP contribution in [0.1, 0.15) is 25.7 Å². The van der Waals surface area contributed by atoms with Crippen molar-refractivity contribution in [3.63, 3.8) is 0 Å². The molecule has 0 bridgehead atoms. The lowest BCUT2D eigenvalue weighted by Gasteiger charge is -2.28. The summed E-state index contributed by atoms with van der Waals surface area (Å²) >= 11 is 0.827. The number of benzene rings is 1. The van der Waals surface area contributed by atoms with E-state index in [1.54, 1.807) is 30.3 Å². The first-order valence-corrected chi connectivity index (χ1v) is 12.3. The van der Waals surface area contributed by atoms with Gasteiger partial charge in [-0.2, -0.15) is 13.2 Å². The lowest BCUT2D eigenvalue weighted by molar-refractivity contribution is -0.184. The Kier molecular flexibility index (Phi) is 6.49. The first kappa shape index (κ1) is 22.0. The van der Waals surface area contributed by atoms with E-state index < -0.39 is 44.7 Å². The van der Waals surface area contributed by atoms with E-state index in [2.05, 4.69) is 0 Å². The number of nitrogens with one attached hydrogen (secondary N) is 1. The summed E-state index contributed by atoms with van der Waals surface area (Å²) in [5.41, 5.74) is 0. The molecule has 5 nitrogen and oxygen atoms in total. The predicted octanol–water partition coefficient (Wildman–Crippen LogP) is 4.09. The van der Waals surface area contributed by atoms with Crippen LogP contribution in [0.3, 0.4) is 0 Å². The van der Waals surface area contributed by atoms with E-state index in [0.29, 0.717) is 9.79 Å². The normalized spacial score (nSPS) is 21.5. The smallest absolute Gasteiger partial charge is 0.274 e. The summed E-state index contributed by atoms with van der Waals surface area (Å²) < 4.78 is 77.4. The minimum Gasteiger partial charge on any atom is -0.274 e. The number of halogens is 3. The number of hydrogen-bond acceptors (Lipinski definition) is 5. The minimum atomic E-state index is -4.30. The van der Waals surface area contributed by atoms with Crippen molar-refractivity contribution in [2.45, 2.75) is 45.9 Å². The Balaban J connectivity index is 1.65. The topological polar surface area (TPSA) is 80.3 Å². The van der Waals surface area contributed by atoms with Crippen LogP contribution < -0.4 is 4.72 Å². The highest BCUT2D eigenvalue weighted by Crippen LogP contribution is 2.39. The maximum atomic E-state index is 12.7. The third-order valence-electron chi connectivity index (χ3n) is 4.78. The zero-order chi connectivity index (χ0) is 21.2. The molecule has 1 aromatic carbocycles. The standard InChI is InChI=1S/C18H18F3NO4S3/c19-18(20,21)13-8-6-12(7-9-13)17(23)22-29(25,26)16-10-15(11-27-16)28(24)14-4-2-1-3-5-14/h1-5,10-13H,6-9H2,(H,22,23). The number of thiophene rings is 1. The van der Waals surface area contributed by atoms with Gasteiger partial charge in [-0.15, -0.1) is 11.3 Å². The van der Waals surface area contributed by atoms with Gasteiger partial charge in [-0.25, -0.2) is 17.3 Å². The van der Waals surface area contributed by atoms with Gasteiger partial charge in [0.05, 0.1) is 21.6 Å². The van der Waals surface area contributed by atoms with Crippen molar-refractivity contribution in [2.24, 2.45) is 11.8 Å². The Morgan fingerprint density at radius 2 is 1.69 bits per heavy atom. The third-order valence-corrected chi connectivity index (χ3v) is 9.08. The lowest BCUT2D eigenvalue weighted by atomic mass is 9.81. The van der Waals surface area contributed by atoms with E-state index in [0.717, 1.165) is 11.3 Å². The highest BCUT2D eigenvalue weighted by Gasteiger charge is 2.42. The Bertz CT molecular complexity index is 995. The highest BCUT2D eigenvalue weighted by atomic mass is 32.2. The van der Waals surface area contributed by atoms with Gasteiger partial charge in [0, 0.05) is 16.2 Å². The van der Waals surface area contributed by atoms with E-state index in [1.807, 2.05) is 4.72 Å². The fraction of sp³-hybridized carbons (Fsp3) is 0.389. The third kappa shape index (κ3) is 5.26. The molecule has 0 saturated heterocycles. The maximum Gasteiger partial charge on any atom is 0.391 e. The van der Waals surface area contributed by atoms with Crippen molar-refractivity contribution in [1.29, 1.82) is 0 Å². The second kappa shape index (κ2) is 8.57. The van der Waals surface area contributed by atoms with Crippen LogP contribution in [0.4, 0.5) is 13.2 Å². The van der Waals surface area contributed by atoms with Crippen LogP contribution >= 0.6 is 11.3 Å². The predicted molar refractivity (Wildman–Crippen MR) is 102 cm³/mol. The molecule has 1 heterocycles. The van der Waals surface area contributed by atoms with Crippen LogP contribution in [0.5, 0.6) is 0 Å². The monoisotopic (exact) mass is 465 g/mol. The molecule has 11 heteroatoms. The molecule has 29 heavy (non-hydrogen) atoms. The van der Waals surface area contributed by atoms with Gasteiger partial charge in [0.25, 0.3) is 10.0 Å². The van der Waals surface area contributed by atoms with Gasteiger partial charge >= 0.3 is 6.18 Å². The van der Waals surface area contributed by atoms with Crippen LogP contribution in [-0.4, -0.2) is 24.7 Å². The van der Waals surface area contributed by atoms with E-state index >= 15 is 0 Å². The van der Waals surface area contributed by atoms with Gasteiger partial charge in [0.15, 0.2) is 0 Å². The van der Waals surface area contributed by atoms with Crippen LogP contribution in [0, 0.1) is 11.8 Å². The van der Waals surface area contributed by atoms with Crippen LogP contribution in [0.2, 0.25) is 0 Å². The summed E-state index contributed by atoms with van der Waals surface area (Å²) in [5, 5.41) is 1.44. The average molecular weight is 466 g/mol. The molecule has 1 aliphatic rings. The number of alkyl halides is 3. The highest BCUT2D eigenvalue weighted by molar-refractivity contribution is 7.92. The van der Waals surface area contributed by atoms with Gasteiger partial charge in [0.2, 0.25) is 5.91 Å². The second-order valence-electron chi connectivity index (χ2n) is 6.74. The van der Waals surface area contributed by atoms with Crippen molar-refractivity contribution in [2.75, 3.05) is 0 Å². The molecule has 0 spiro atoms. The molecule has 0 aliphatic heterocycles. The molecule has 2 aromatic rings. The molecule has 1 unspecified atom stereocenters. The summed E-state index contributed by atoms with van der Waals surface area (Å²) in [4.78, 5) is 13.1. The zero-order valence-corrected chi connectivity index (χ0v) is 17.5. The largest absolute Gasteiger partial charge is 0.391 e. The van der Waals surface area contributed by atoms with Crippen molar-refractivity contribution in [1.82, 2.24) is 4.72 Å².